The minimum atomic E-state index is 0.934. The number of aromatic nitrogens is 3. The monoisotopic (exact) mass is 238 g/mol. The van der Waals surface area contributed by atoms with Crippen LogP contribution in [0.3, 0.4) is 0 Å². The van der Waals surface area contributed by atoms with Crippen molar-refractivity contribution in [2.75, 3.05) is 0 Å². The van der Waals surface area contributed by atoms with Crippen LogP contribution in [0.2, 0.25) is 0 Å². The zero-order valence-corrected chi connectivity index (χ0v) is 9.88. The highest BCUT2D eigenvalue weighted by Gasteiger charge is 2.09. The molecular formula is C14H14N4. The summed E-state index contributed by atoms with van der Waals surface area (Å²) in [5.41, 5.74) is 9.34. The summed E-state index contributed by atoms with van der Waals surface area (Å²) in [4.78, 5) is 4.00. The SMILES string of the molecule is C=C/C=C(\C=C/N)c1cn[nH]c1-c1ccncc1. The first kappa shape index (κ1) is 11.9. The molecule has 0 amide bonds. The van der Waals surface area contributed by atoms with Gasteiger partial charge >= 0.3 is 0 Å². The molecule has 2 aromatic heterocycles. The Bertz CT molecular complexity index is 579. The van der Waals surface area contributed by atoms with Gasteiger partial charge in [-0.25, -0.2) is 0 Å². The zero-order valence-electron chi connectivity index (χ0n) is 9.88. The highest BCUT2D eigenvalue weighted by Crippen LogP contribution is 2.27. The van der Waals surface area contributed by atoms with Gasteiger partial charge in [-0.1, -0.05) is 18.7 Å². The summed E-state index contributed by atoms with van der Waals surface area (Å²) in [7, 11) is 0. The molecule has 3 N–H and O–H groups in total. The molecule has 0 unspecified atom stereocenters. The van der Waals surface area contributed by atoms with Crippen LogP contribution in [0.25, 0.3) is 16.8 Å². The molecule has 0 aliphatic rings. The van der Waals surface area contributed by atoms with Gasteiger partial charge in [-0.2, -0.15) is 5.10 Å². The second kappa shape index (κ2) is 5.63. The quantitative estimate of drug-likeness (QED) is 0.804. The van der Waals surface area contributed by atoms with E-state index < -0.39 is 0 Å². The van der Waals surface area contributed by atoms with Crippen LogP contribution in [0.4, 0.5) is 0 Å². The summed E-state index contributed by atoms with van der Waals surface area (Å²) in [5, 5.41) is 7.08. The summed E-state index contributed by atoms with van der Waals surface area (Å²) in [6.07, 6.45) is 12.2. The molecule has 0 spiro atoms. The third kappa shape index (κ3) is 2.38. The van der Waals surface area contributed by atoms with Crippen molar-refractivity contribution in [1.29, 1.82) is 0 Å². The van der Waals surface area contributed by atoms with E-state index in [1.807, 2.05) is 24.3 Å². The fourth-order valence-electron chi connectivity index (χ4n) is 1.71. The van der Waals surface area contributed by atoms with Gasteiger partial charge in [-0.3, -0.25) is 10.1 Å². The fourth-order valence-corrected chi connectivity index (χ4v) is 1.71. The van der Waals surface area contributed by atoms with E-state index in [4.69, 9.17) is 5.73 Å². The van der Waals surface area contributed by atoms with E-state index in [9.17, 15) is 0 Å². The van der Waals surface area contributed by atoms with E-state index in [2.05, 4.69) is 21.8 Å². The van der Waals surface area contributed by atoms with Gasteiger partial charge in [-0.05, 0) is 30.0 Å². The molecule has 0 aromatic carbocycles. The third-order valence-corrected chi connectivity index (χ3v) is 2.49. The molecule has 4 nitrogen and oxygen atoms in total. The average Bonchev–Trinajstić information content (AvgIpc) is 2.88. The first-order valence-corrected chi connectivity index (χ1v) is 5.52. The van der Waals surface area contributed by atoms with Gasteiger partial charge in [0.25, 0.3) is 0 Å². The molecule has 0 saturated carbocycles. The molecule has 2 rings (SSSR count). The van der Waals surface area contributed by atoms with Crippen molar-refractivity contribution in [3.63, 3.8) is 0 Å². The van der Waals surface area contributed by atoms with Crippen LogP contribution < -0.4 is 5.73 Å². The van der Waals surface area contributed by atoms with Crippen molar-refractivity contribution >= 4 is 5.57 Å². The minimum Gasteiger partial charge on any atom is -0.405 e. The first-order chi connectivity index (χ1) is 8.86. The second-order valence-electron chi connectivity index (χ2n) is 3.61. The molecular weight excluding hydrogens is 224 g/mol. The number of rotatable bonds is 4. The third-order valence-electron chi connectivity index (χ3n) is 2.49. The van der Waals surface area contributed by atoms with Gasteiger partial charge in [-0.15, -0.1) is 0 Å². The largest absolute Gasteiger partial charge is 0.405 e. The first-order valence-electron chi connectivity index (χ1n) is 5.52. The summed E-state index contributed by atoms with van der Waals surface area (Å²) in [5.74, 6) is 0. The van der Waals surface area contributed by atoms with Crippen LogP contribution in [-0.2, 0) is 0 Å². The standard InChI is InChI=1S/C14H14N4/c1-2-3-11(4-7-15)13-10-17-18-14(13)12-5-8-16-9-6-12/h2-10H,1,15H2,(H,17,18)/b7-4-,11-3+. The molecule has 0 saturated heterocycles. The number of nitrogens with zero attached hydrogens (tertiary/aromatic N) is 2. The highest BCUT2D eigenvalue weighted by molar-refractivity contribution is 5.83. The number of hydrogen-bond acceptors (Lipinski definition) is 3. The van der Waals surface area contributed by atoms with E-state index >= 15 is 0 Å². The summed E-state index contributed by atoms with van der Waals surface area (Å²) in [6, 6.07) is 3.85. The Morgan fingerprint density at radius 1 is 1.33 bits per heavy atom. The number of H-pyrrole nitrogens is 1. The molecule has 18 heavy (non-hydrogen) atoms. The Morgan fingerprint density at radius 2 is 2.11 bits per heavy atom. The predicted octanol–water partition coefficient (Wildman–Crippen LogP) is 2.51. The van der Waals surface area contributed by atoms with E-state index in [1.165, 1.54) is 6.20 Å². The van der Waals surface area contributed by atoms with Crippen molar-refractivity contribution in [3.05, 3.63) is 67.3 Å². The maximum absolute atomic E-state index is 5.46. The van der Waals surface area contributed by atoms with Crippen molar-refractivity contribution in [3.8, 4) is 11.3 Å². The molecule has 0 aliphatic carbocycles. The lowest BCUT2D eigenvalue weighted by molar-refractivity contribution is 1.09. The normalized spacial score (nSPS) is 11.9. The van der Waals surface area contributed by atoms with Crippen LogP contribution in [0, 0.1) is 0 Å². The summed E-state index contributed by atoms with van der Waals surface area (Å²) >= 11 is 0. The lowest BCUT2D eigenvalue weighted by Crippen LogP contribution is -1.87. The number of pyridine rings is 1. The number of nitrogens with one attached hydrogen (secondary N) is 1. The highest BCUT2D eigenvalue weighted by atomic mass is 15.1. The fraction of sp³-hybridized carbons (Fsp3) is 0. The summed E-state index contributed by atoms with van der Waals surface area (Å²) < 4.78 is 0. The molecule has 0 fully saturated rings. The Morgan fingerprint density at radius 3 is 2.78 bits per heavy atom. The van der Waals surface area contributed by atoms with E-state index in [-0.39, 0.29) is 0 Å². The van der Waals surface area contributed by atoms with Crippen molar-refractivity contribution in [1.82, 2.24) is 15.2 Å². The number of allylic oxidation sites excluding steroid dienone is 4. The number of nitrogens with two attached hydrogens (primary N) is 1. The predicted molar refractivity (Wildman–Crippen MR) is 73.3 cm³/mol. The van der Waals surface area contributed by atoms with Crippen LogP contribution in [0.1, 0.15) is 5.56 Å². The zero-order chi connectivity index (χ0) is 12.8. The van der Waals surface area contributed by atoms with Gasteiger partial charge in [0.1, 0.15) is 0 Å². The average molecular weight is 238 g/mol. The van der Waals surface area contributed by atoms with Crippen molar-refractivity contribution in [2.24, 2.45) is 5.73 Å². The van der Waals surface area contributed by atoms with Gasteiger partial charge in [0.05, 0.1) is 11.9 Å². The lowest BCUT2D eigenvalue weighted by Gasteiger charge is -2.03. The molecule has 0 bridgehead atoms. The van der Waals surface area contributed by atoms with Crippen LogP contribution in [-0.4, -0.2) is 15.2 Å². The van der Waals surface area contributed by atoms with E-state index in [0.717, 1.165) is 22.4 Å². The molecule has 0 radical (unpaired) electrons. The molecule has 2 heterocycles. The van der Waals surface area contributed by atoms with Gasteiger partial charge in [0.2, 0.25) is 0 Å². The van der Waals surface area contributed by atoms with Crippen LogP contribution in [0.15, 0.2) is 61.7 Å². The van der Waals surface area contributed by atoms with Crippen molar-refractivity contribution < 1.29 is 0 Å². The van der Waals surface area contributed by atoms with E-state index in [0.29, 0.717) is 0 Å². The van der Waals surface area contributed by atoms with Gasteiger partial charge in [0.15, 0.2) is 0 Å². The molecule has 4 heteroatoms. The molecule has 90 valence electrons. The Hall–Kier alpha value is -2.62. The van der Waals surface area contributed by atoms with Gasteiger partial charge in [0, 0.05) is 23.5 Å². The molecule has 0 aliphatic heterocycles. The Balaban J connectivity index is 2.51. The maximum Gasteiger partial charge on any atom is 0.0729 e. The number of hydrogen-bond donors (Lipinski definition) is 2. The van der Waals surface area contributed by atoms with Gasteiger partial charge < -0.3 is 5.73 Å². The molecule has 0 atom stereocenters. The molecule has 2 aromatic rings. The Kier molecular flexibility index (Phi) is 3.71. The van der Waals surface area contributed by atoms with Crippen LogP contribution >= 0.6 is 0 Å². The maximum atomic E-state index is 5.46. The smallest absolute Gasteiger partial charge is 0.0729 e. The minimum absolute atomic E-state index is 0.934. The topological polar surface area (TPSA) is 67.6 Å². The van der Waals surface area contributed by atoms with E-state index in [1.54, 1.807) is 24.7 Å². The second-order valence-corrected chi connectivity index (χ2v) is 3.61. The number of aromatic amines is 1. The van der Waals surface area contributed by atoms with Crippen molar-refractivity contribution in [2.45, 2.75) is 0 Å². The summed E-state index contributed by atoms with van der Waals surface area (Å²) in [6.45, 7) is 3.70. The lowest BCUT2D eigenvalue weighted by atomic mass is 10.0. The Labute approximate surface area is 106 Å². The van der Waals surface area contributed by atoms with Crippen LogP contribution in [0.5, 0.6) is 0 Å².